The van der Waals surface area contributed by atoms with E-state index in [2.05, 4.69) is 21.8 Å². The number of rotatable bonds is 2. The molecule has 4 nitrogen and oxygen atoms in total. The Morgan fingerprint density at radius 1 is 1.53 bits per heavy atom. The fourth-order valence-electron chi connectivity index (χ4n) is 1.96. The summed E-state index contributed by atoms with van der Waals surface area (Å²) in [5.74, 6) is 1.15. The van der Waals surface area contributed by atoms with Crippen LogP contribution in [0.3, 0.4) is 0 Å². The highest BCUT2D eigenvalue weighted by Crippen LogP contribution is 2.26. The second kappa shape index (κ2) is 5.85. The van der Waals surface area contributed by atoms with Crippen LogP contribution in [0.1, 0.15) is 18.9 Å². The minimum atomic E-state index is 0.189. The Morgan fingerprint density at radius 3 is 3.12 bits per heavy atom. The minimum Gasteiger partial charge on any atom is -0.377 e. The van der Waals surface area contributed by atoms with Crippen molar-refractivity contribution in [2.24, 2.45) is 0 Å². The van der Waals surface area contributed by atoms with E-state index in [1.54, 1.807) is 0 Å². The average Bonchev–Trinajstić information content (AvgIpc) is 2.53. The molecule has 1 aliphatic rings. The van der Waals surface area contributed by atoms with Crippen molar-refractivity contribution in [3.05, 3.63) is 17.0 Å². The Bertz CT molecular complexity index is 389. The monoisotopic (exact) mass is 275 g/mol. The molecular weight excluding hydrogens is 261 g/mol. The van der Waals surface area contributed by atoms with Crippen LogP contribution in [0.5, 0.6) is 0 Å². The van der Waals surface area contributed by atoms with E-state index in [0.29, 0.717) is 11.0 Å². The number of alkyl halides is 1. The number of anilines is 1. The summed E-state index contributed by atoms with van der Waals surface area (Å²) in [5, 5.41) is 0.433. The van der Waals surface area contributed by atoms with E-state index in [-0.39, 0.29) is 6.10 Å². The van der Waals surface area contributed by atoms with Gasteiger partial charge in [-0.1, -0.05) is 11.6 Å². The van der Waals surface area contributed by atoms with Crippen LogP contribution in [0, 0.1) is 0 Å². The van der Waals surface area contributed by atoms with Crippen LogP contribution in [-0.4, -0.2) is 35.8 Å². The molecule has 6 heteroatoms. The lowest BCUT2D eigenvalue weighted by molar-refractivity contribution is 0.0820. The quantitative estimate of drug-likeness (QED) is 0.614. The molecule has 1 aromatic rings. The van der Waals surface area contributed by atoms with E-state index in [1.165, 1.54) is 6.33 Å². The van der Waals surface area contributed by atoms with Gasteiger partial charge in [0.1, 0.15) is 17.3 Å². The highest BCUT2D eigenvalue weighted by atomic mass is 35.5. The summed E-state index contributed by atoms with van der Waals surface area (Å²) in [5.41, 5.74) is 0.796. The van der Waals surface area contributed by atoms with Crippen molar-refractivity contribution in [1.82, 2.24) is 9.97 Å². The number of hydrogen-bond acceptors (Lipinski definition) is 4. The SMILES string of the molecule is CC1CN(c2ncnc(Cl)c2CCl)CCCO1. The number of hydrogen-bond donors (Lipinski definition) is 0. The molecule has 0 saturated carbocycles. The standard InChI is InChI=1S/C11H15Cl2N3O/c1-8-6-16(3-2-4-17-8)11-9(5-12)10(13)14-7-15-11/h7-8H,2-6H2,1H3. The van der Waals surface area contributed by atoms with Gasteiger partial charge in [0, 0.05) is 25.3 Å². The normalized spacial score (nSPS) is 21.4. The molecule has 0 bridgehead atoms. The summed E-state index contributed by atoms with van der Waals surface area (Å²) in [6.07, 6.45) is 2.65. The van der Waals surface area contributed by atoms with Gasteiger partial charge in [-0.05, 0) is 13.3 Å². The summed E-state index contributed by atoms with van der Waals surface area (Å²) < 4.78 is 5.61. The minimum absolute atomic E-state index is 0.189. The molecule has 0 radical (unpaired) electrons. The largest absolute Gasteiger partial charge is 0.377 e. The van der Waals surface area contributed by atoms with Crippen LogP contribution in [0.2, 0.25) is 5.15 Å². The van der Waals surface area contributed by atoms with Gasteiger partial charge in [0.05, 0.1) is 12.0 Å². The summed E-state index contributed by atoms with van der Waals surface area (Å²) in [6.45, 7) is 4.55. The smallest absolute Gasteiger partial charge is 0.138 e. The average molecular weight is 276 g/mol. The van der Waals surface area contributed by atoms with Crippen molar-refractivity contribution in [2.45, 2.75) is 25.3 Å². The Kier molecular flexibility index (Phi) is 4.42. The number of aromatic nitrogens is 2. The maximum absolute atomic E-state index is 6.03. The van der Waals surface area contributed by atoms with E-state index in [4.69, 9.17) is 27.9 Å². The zero-order valence-corrected chi connectivity index (χ0v) is 11.2. The van der Waals surface area contributed by atoms with Crippen LogP contribution in [0.4, 0.5) is 5.82 Å². The molecule has 0 aromatic carbocycles. The molecule has 1 saturated heterocycles. The van der Waals surface area contributed by atoms with Gasteiger partial charge < -0.3 is 9.64 Å². The van der Waals surface area contributed by atoms with Gasteiger partial charge in [-0.15, -0.1) is 11.6 Å². The second-order valence-electron chi connectivity index (χ2n) is 4.08. The van der Waals surface area contributed by atoms with Crippen molar-refractivity contribution >= 4 is 29.0 Å². The van der Waals surface area contributed by atoms with Crippen LogP contribution in [0.15, 0.2) is 6.33 Å². The van der Waals surface area contributed by atoms with E-state index in [1.807, 2.05) is 0 Å². The molecular formula is C11H15Cl2N3O. The summed E-state index contributed by atoms with van der Waals surface area (Å²) in [4.78, 5) is 10.4. The second-order valence-corrected chi connectivity index (χ2v) is 4.71. The summed E-state index contributed by atoms with van der Waals surface area (Å²) in [7, 11) is 0. The predicted octanol–water partition coefficient (Wildman–Crippen LogP) is 2.48. The zero-order valence-electron chi connectivity index (χ0n) is 9.70. The van der Waals surface area contributed by atoms with Crippen molar-refractivity contribution in [3.63, 3.8) is 0 Å². The molecule has 0 aliphatic carbocycles. The van der Waals surface area contributed by atoms with Gasteiger partial charge in [0.25, 0.3) is 0 Å². The lowest BCUT2D eigenvalue weighted by atomic mass is 10.2. The van der Waals surface area contributed by atoms with Gasteiger partial charge in [-0.2, -0.15) is 0 Å². The van der Waals surface area contributed by atoms with Crippen LogP contribution in [0.25, 0.3) is 0 Å². The van der Waals surface area contributed by atoms with Crippen LogP contribution in [-0.2, 0) is 10.6 Å². The molecule has 1 atom stereocenters. The van der Waals surface area contributed by atoms with Crippen LogP contribution < -0.4 is 4.90 Å². The maximum Gasteiger partial charge on any atom is 0.138 e. The lowest BCUT2D eigenvalue weighted by Crippen LogP contribution is -2.31. The van der Waals surface area contributed by atoms with E-state index < -0.39 is 0 Å². The molecule has 0 spiro atoms. The first kappa shape index (κ1) is 12.9. The number of nitrogens with zero attached hydrogens (tertiary/aromatic N) is 3. The molecule has 94 valence electrons. The summed E-state index contributed by atoms with van der Waals surface area (Å²) in [6, 6.07) is 0. The van der Waals surface area contributed by atoms with Crippen molar-refractivity contribution in [2.75, 3.05) is 24.6 Å². The Balaban J connectivity index is 2.28. The van der Waals surface area contributed by atoms with E-state index in [9.17, 15) is 0 Å². The highest BCUT2D eigenvalue weighted by Gasteiger charge is 2.20. The third-order valence-corrected chi connectivity index (χ3v) is 3.35. The highest BCUT2D eigenvalue weighted by molar-refractivity contribution is 6.31. The first-order valence-corrected chi connectivity index (χ1v) is 6.55. The van der Waals surface area contributed by atoms with E-state index in [0.717, 1.165) is 37.5 Å². The van der Waals surface area contributed by atoms with Gasteiger partial charge in [-0.25, -0.2) is 9.97 Å². The molecule has 2 rings (SSSR count). The predicted molar refractivity (Wildman–Crippen MR) is 68.8 cm³/mol. The number of halogens is 2. The molecule has 0 N–H and O–H groups in total. The molecule has 1 aromatic heterocycles. The molecule has 2 heterocycles. The van der Waals surface area contributed by atoms with Gasteiger partial charge >= 0.3 is 0 Å². The third kappa shape index (κ3) is 3.00. The Morgan fingerprint density at radius 2 is 2.35 bits per heavy atom. The molecule has 1 fully saturated rings. The van der Waals surface area contributed by atoms with Gasteiger partial charge in [-0.3, -0.25) is 0 Å². The molecule has 1 unspecified atom stereocenters. The Hall–Kier alpha value is -0.580. The lowest BCUT2D eigenvalue weighted by Gasteiger charge is -2.25. The topological polar surface area (TPSA) is 38.2 Å². The first-order valence-electron chi connectivity index (χ1n) is 5.64. The van der Waals surface area contributed by atoms with Crippen molar-refractivity contribution in [3.8, 4) is 0 Å². The van der Waals surface area contributed by atoms with E-state index >= 15 is 0 Å². The first-order chi connectivity index (χ1) is 8.22. The van der Waals surface area contributed by atoms with Crippen LogP contribution >= 0.6 is 23.2 Å². The third-order valence-electron chi connectivity index (χ3n) is 2.76. The van der Waals surface area contributed by atoms with Crippen molar-refractivity contribution < 1.29 is 4.74 Å². The Labute approximate surface area is 111 Å². The fourth-order valence-corrected chi connectivity index (χ4v) is 2.47. The summed E-state index contributed by atoms with van der Waals surface area (Å²) >= 11 is 11.9. The fraction of sp³-hybridized carbons (Fsp3) is 0.636. The number of ether oxygens (including phenoxy) is 1. The zero-order chi connectivity index (χ0) is 12.3. The van der Waals surface area contributed by atoms with Crippen molar-refractivity contribution in [1.29, 1.82) is 0 Å². The van der Waals surface area contributed by atoms with Gasteiger partial charge in [0.2, 0.25) is 0 Å². The molecule has 1 aliphatic heterocycles. The molecule has 0 amide bonds. The van der Waals surface area contributed by atoms with Gasteiger partial charge in [0.15, 0.2) is 0 Å². The maximum atomic E-state index is 6.03. The molecule has 17 heavy (non-hydrogen) atoms.